The van der Waals surface area contributed by atoms with Gasteiger partial charge in [0.25, 0.3) is 0 Å². The molecule has 0 fully saturated rings. The summed E-state index contributed by atoms with van der Waals surface area (Å²) in [5.41, 5.74) is 14.6. The lowest BCUT2D eigenvalue weighted by molar-refractivity contribution is 0.979. The lowest BCUT2D eigenvalue weighted by atomic mass is 9.96. The molecule has 4 heterocycles. The van der Waals surface area contributed by atoms with E-state index in [9.17, 15) is 0 Å². The van der Waals surface area contributed by atoms with Gasteiger partial charge in [0.05, 0.1) is 22.6 Å². The van der Waals surface area contributed by atoms with Gasteiger partial charge in [-0.1, -0.05) is 200 Å². The lowest BCUT2D eigenvalue weighted by Crippen LogP contribution is -1.96. The van der Waals surface area contributed by atoms with Gasteiger partial charge in [-0.05, 0) is 40.3 Å². The van der Waals surface area contributed by atoms with Gasteiger partial charge < -0.3 is 0 Å². The first-order valence-electron chi connectivity index (χ1n) is 20.9. The summed E-state index contributed by atoms with van der Waals surface area (Å²) in [5.74, 6) is 0.684. The first-order valence-corrected chi connectivity index (χ1v) is 21.7. The molecule has 4 nitrogen and oxygen atoms in total. The molecule has 62 heavy (non-hydrogen) atoms. The summed E-state index contributed by atoms with van der Waals surface area (Å²) in [7, 11) is 0. The van der Waals surface area contributed by atoms with Crippen molar-refractivity contribution < 1.29 is 0 Å². The maximum Gasteiger partial charge on any atom is 0.160 e. The Kier molecular flexibility index (Phi) is 8.65. The first kappa shape index (κ1) is 35.9. The van der Waals surface area contributed by atoms with Crippen LogP contribution in [0.15, 0.2) is 218 Å². The van der Waals surface area contributed by atoms with Gasteiger partial charge in [0.1, 0.15) is 5.69 Å². The zero-order valence-electron chi connectivity index (χ0n) is 33.5. The Hall–Kier alpha value is -7.99. The molecule has 0 amide bonds. The maximum absolute atomic E-state index is 5.44. The van der Waals surface area contributed by atoms with Crippen LogP contribution in [-0.2, 0) is 0 Å². The SMILES string of the molecule is c1ccc(-c2cc(-c3ccc(-c4nn5c(-c6ccccc6)cc6ccccc6c5c4-c4ccccc4)cc3)nc(-c3ccc(-c4cccc5c4sc4ccccc45)cc3)n2)cc1. The van der Waals surface area contributed by atoms with Crippen molar-refractivity contribution in [1.82, 2.24) is 19.6 Å². The van der Waals surface area contributed by atoms with Crippen molar-refractivity contribution in [1.29, 1.82) is 0 Å². The number of rotatable bonds is 7. The van der Waals surface area contributed by atoms with Gasteiger partial charge in [-0.25, -0.2) is 14.5 Å². The molecular formula is C57H36N4S. The number of fused-ring (bicyclic) bond motifs is 6. The zero-order chi connectivity index (χ0) is 41.0. The van der Waals surface area contributed by atoms with E-state index in [1.807, 2.05) is 17.4 Å². The van der Waals surface area contributed by atoms with E-state index >= 15 is 0 Å². The van der Waals surface area contributed by atoms with E-state index in [0.29, 0.717) is 5.82 Å². The third-order valence-electron chi connectivity index (χ3n) is 11.9. The Balaban J connectivity index is 0.973. The molecule has 0 aliphatic rings. The van der Waals surface area contributed by atoms with Crippen molar-refractivity contribution in [3.05, 3.63) is 218 Å². The number of hydrogen-bond acceptors (Lipinski definition) is 4. The molecule has 12 rings (SSSR count). The number of hydrogen-bond donors (Lipinski definition) is 0. The van der Waals surface area contributed by atoms with E-state index in [1.54, 1.807) is 0 Å². The summed E-state index contributed by atoms with van der Waals surface area (Å²) in [5, 5.41) is 10.4. The topological polar surface area (TPSA) is 43.1 Å². The summed E-state index contributed by atoms with van der Waals surface area (Å²) in [4.78, 5) is 10.4. The van der Waals surface area contributed by atoms with Gasteiger partial charge in [-0.15, -0.1) is 11.3 Å². The molecule has 0 aliphatic carbocycles. The monoisotopic (exact) mass is 808 g/mol. The van der Waals surface area contributed by atoms with Gasteiger partial charge in [0.2, 0.25) is 0 Å². The molecule has 0 spiro atoms. The molecule has 0 atom stereocenters. The Morgan fingerprint density at radius 1 is 0.387 bits per heavy atom. The van der Waals surface area contributed by atoms with Crippen LogP contribution in [0, 0.1) is 0 Å². The van der Waals surface area contributed by atoms with Gasteiger partial charge in [0, 0.05) is 58.9 Å². The smallest absolute Gasteiger partial charge is 0.160 e. The highest BCUT2D eigenvalue weighted by atomic mass is 32.1. The molecule has 0 aliphatic heterocycles. The second kappa shape index (κ2) is 14.9. The highest BCUT2D eigenvalue weighted by Crippen LogP contribution is 2.43. The van der Waals surface area contributed by atoms with Crippen LogP contribution >= 0.6 is 11.3 Å². The van der Waals surface area contributed by atoms with E-state index in [1.165, 1.54) is 36.7 Å². The van der Waals surface area contributed by atoms with E-state index in [4.69, 9.17) is 15.1 Å². The van der Waals surface area contributed by atoms with E-state index in [-0.39, 0.29) is 0 Å². The lowest BCUT2D eigenvalue weighted by Gasteiger charge is -2.11. The minimum Gasteiger partial charge on any atom is -0.231 e. The molecule has 4 aromatic heterocycles. The van der Waals surface area contributed by atoms with Crippen LogP contribution in [0.25, 0.3) is 115 Å². The second-order valence-electron chi connectivity index (χ2n) is 15.6. The Bertz CT molecular complexity index is 3590. The van der Waals surface area contributed by atoms with Crippen molar-refractivity contribution in [2.75, 3.05) is 0 Å². The molecule has 0 unspecified atom stereocenters. The summed E-state index contributed by atoms with van der Waals surface area (Å²) >= 11 is 1.85. The summed E-state index contributed by atoms with van der Waals surface area (Å²) < 4.78 is 4.75. The van der Waals surface area contributed by atoms with Crippen molar-refractivity contribution in [3.8, 4) is 78.7 Å². The number of benzene rings is 8. The summed E-state index contributed by atoms with van der Waals surface area (Å²) in [6, 6.07) is 77.2. The Morgan fingerprint density at radius 2 is 0.935 bits per heavy atom. The first-order chi connectivity index (χ1) is 30.7. The van der Waals surface area contributed by atoms with Crippen LogP contribution < -0.4 is 0 Å². The molecule has 0 saturated carbocycles. The van der Waals surface area contributed by atoms with Crippen molar-refractivity contribution in [2.45, 2.75) is 0 Å². The predicted molar refractivity (Wildman–Crippen MR) is 259 cm³/mol. The quantitative estimate of drug-likeness (QED) is 0.161. The Labute approximate surface area is 362 Å². The molecule has 290 valence electrons. The van der Waals surface area contributed by atoms with Crippen molar-refractivity contribution in [3.63, 3.8) is 0 Å². The summed E-state index contributed by atoms with van der Waals surface area (Å²) in [6.07, 6.45) is 0. The van der Waals surface area contributed by atoms with Crippen LogP contribution in [0.5, 0.6) is 0 Å². The largest absolute Gasteiger partial charge is 0.231 e. The van der Waals surface area contributed by atoms with E-state index in [0.717, 1.165) is 72.6 Å². The highest BCUT2D eigenvalue weighted by Gasteiger charge is 2.22. The molecule has 0 saturated heterocycles. The van der Waals surface area contributed by atoms with Gasteiger partial charge in [-0.2, -0.15) is 5.10 Å². The highest BCUT2D eigenvalue weighted by molar-refractivity contribution is 7.26. The zero-order valence-corrected chi connectivity index (χ0v) is 34.3. The van der Waals surface area contributed by atoms with Gasteiger partial charge >= 0.3 is 0 Å². The summed E-state index contributed by atoms with van der Waals surface area (Å²) in [6.45, 7) is 0. The van der Waals surface area contributed by atoms with Gasteiger partial charge in [-0.3, -0.25) is 0 Å². The van der Waals surface area contributed by atoms with Gasteiger partial charge in [0.15, 0.2) is 5.82 Å². The molecule has 12 aromatic rings. The third-order valence-corrected chi connectivity index (χ3v) is 13.1. The minimum absolute atomic E-state index is 0.684. The number of aromatic nitrogens is 4. The standard InChI is InChI=1S/C57H36N4S/c1-4-15-38(16-5-1)49-36-50(59-57(58-49)43-33-27-37(28-34-43)46-24-14-25-48-47-23-12-13-26-52(47)62-56(46)48)39-29-31-42(32-30-39)54-53(41-19-8-3-9-20-41)55-45-22-11-10-21-44(45)35-51(61(55)60-54)40-17-6-2-7-18-40/h1-36H. The van der Waals surface area contributed by atoms with Crippen LogP contribution in [0.1, 0.15) is 0 Å². The number of nitrogens with zero attached hydrogens (tertiary/aromatic N) is 4. The molecule has 0 bridgehead atoms. The van der Waals surface area contributed by atoms with Crippen molar-refractivity contribution >= 4 is 47.8 Å². The maximum atomic E-state index is 5.44. The van der Waals surface area contributed by atoms with Crippen LogP contribution in [0.4, 0.5) is 0 Å². The molecule has 5 heteroatoms. The average molecular weight is 809 g/mol. The minimum atomic E-state index is 0.684. The van der Waals surface area contributed by atoms with E-state index in [2.05, 4.69) is 217 Å². The molecule has 0 N–H and O–H groups in total. The van der Waals surface area contributed by atoms with Crippen LogP contribution in [-0.4, -0.2) is 19.6 Å². The van der Waals surface area contributed by atoms with E-state index < -0.39 is 0 Å². The van der Waals surface area contributed by atoms with Crippen molar-refractivity contribution in [2.24, 2.45) is 0 Å². The molecular weight excluding hydrogens is 773 g/mol. The molecule has 8 aromatic carbocycles. The normalized spacial score (nSPS) is 11.5. The average Bonchev–Trinajstić information content (AvgIpc) is 3.95. The fraction of sp³-hybridized carbons (Fsp3) is 0. The van der Waals surface area contributed by atoms with Crippen LogP contribution in [0.2, 0.25) is 0 Å². The fourth-order valence-electron chi connectivity index (χ4n) is 8.84. The molecule has 0 radical (unpaired) electrons. The number of pyridine rings is 1. The predicted octanol–water partition coefficient (Wildman–Crippen LogP) is 15.3. The second-order valence-corrected chi connectivity index (χ2v) is 16.6. The number of thiophene rings is 1. The van der Waals surface area contributed by atoms with Crippen LogP contribution in [0.3, 0.4) is 0 Å². The Morgan fingerprint density at radius 3 is 1.66 bits per heavy atom. The third kappa shape index (κ3) is 6.18. The fourth-order valence-corrected chi connectivity index (χ4v) is 10.1.